The van der Waals surface area contributed by atoms with Gasteiger partial charge in [0.1, 0.15) is 11.3 Å². The molecule has 1 N–H and O–H groups in total. The average Bonchev–Trinajstić information content (AvgIpc) is 2.78. The molecule has 1 fully saturated rings. The van der Waals surface area contributed by atoms with Crippen molar-refractivity contribution < 1.29 is 9.15 Å². The monoisotopic (exact) mass is 274 g/mol. The lowest BCUT2D eigenvalue weighted by Crippen LogP contribution is -2.40. The van der Waals surface area contributed by atoms with Crippen LogP contribution in [0.25, 0.3) is 11.0 Å². The molecule has 0 saturated carbocycles. The quantitative estimate of drug-likeness (QED) is 0.929. The lowest BCUT2D eigenvalue weighted by atomic mass is 10.1. The standard InChI is InChI=1S/C16H22N2O2/c1-12-10-18(7-8-19-12)11-14-13-5-3-4-6-15(13)20-16(14)9-17-2/h3-6,12,17H,7-11H2,1-2H3. The molecular formula is C16H22N2O2. The van der Waals surface area contributed by atoms with Crippen molar-refractivity contribution in [2.24, 2.45) is 0 Å². The summed E-state index contributed by atoms with van der Waals surface area (Å²) in [4.78, 5) is 2.45. The van der Waals surface area contributed by atoms with Gasteiger partial charge in [0.05, 0.1) is 19.3 Å². The fourth-order valence-electron chi connectivity index (χ4n) is 2.88. The molecule has 2 aromatic rings. The van der Waals surface area contributed by atoms with Gasteiger partial charge in [-0.1, -0.05) is 18.2 Å². The molecule has 0 amide bonds. The molecular weight excluding hydrogens is 252 g/mol. The number of nitrogens with one attached hydrogen (secondary N) is 1. The third-order valence-electron chi connectivity index (χ3n) is 3.83. The van der Waals surface area contributed by atoms with Crippen molar-refractivity contribution in [3.8, 4) is 0 Å². The minimum atomic E-state index is 0.315. The molecule has 1 aromatic heterocycles. The van der Waals surface area contributed by atoms with Crippen LogP contribution in [0, 0.1) is 0 Å². The van der Waals surface area contributed by atoms with E-state index in [2.05, 4.69) is 29.3 Å². The topological polar surface area (TPSA) is 37.6 Å². The Morgan fingerprint density at radius 2 is 2.20 bits per heavy atom. The van der Waals surface area contributed by atoms with E-state index in [-0.39, 0.29) is 0 Å². The van der Waals surface area contributed by atoms with Crippen LogP contribution in [0.15, 0.2) is 28.7 Å². The Kier molecular flexibility index (Phi) is 4.05. The first-order valence-corrected chi connectivity index (χ1v) is 7.25. The number of hydrogen-bond acceptors (Lipinski definition) is 4. The van der Waals surface area contributed by atoms with E-state index in [4.69, 9.17) is 9.15 Å². The summed E-state index contributed by atoms with van der Waals surface area (Å²) in [7, 11) is 1.95. The Balaban J connectivity index is 1.90. The molecule has 0 aliphatic carbocycles. The van der Waals surface area contributed by atoms with Crippen LogP contribution in [-0.2, 0) is 17.8 Å². The lowest BCUT2D eigenvalue weighted by molar-refractivity contribution is -0.0212. The minimum Gasteiger partial charge on any atom is -0.459 e. The van der Waals surface area contributed by atoms with Gasteiger partial charge < -0.3 is 14.5 Å². The van der Waals surface area contributed by atoms with Gasteiger partial charge >= 0.3 is 0 Å². The molecule has 1 aromatic carbocycles. The maximum absolute atomic E-state index is 5.99. The van der Waals surface area contributed by atoms with Gasteiger partial charge in [0, 0.05) is 30.6 Å². The van der Waals surface area contributed by atoms with Crippen molar-refractivity contribution >= 4 is 11.0 Å². The highest BCUT2D eigenvalue weighted by Gasteiger charge is 2.20. The summed E-state index contributed by atoms with van der Waals surface area (Å²) in [6.07, 6.45) is 0.315. The fraction of sp³-hybridized carbons (Fsp3) is 0.500. The van der Waals surface area contributed by atoms with Gasteiger partial charge in [-0.3, -0.25) is 4.90 Å². The van der Waals surface area contributed by atoms with E-state index < -0.39 is 0 Å². The van der Waals surface area contributed by atoms with Crippen LogP contribution in [0.3, 0.4) is 0 Å². The zero-order valence-electron chi connectivity index (χ0n) is 12.2. The average molecular weight is 274 g/mol. The normalized spacial score (nSPS) is 20.6. The van der Waals surface area contributed by atoms with E-state index in [1.165, 1.54) is 10.9 Å². The van der Waals surface area contributed by atoms with Crippen LogP contribution in [0.1, 0.15) is 18.2 Å². The molecule has 20 heavy (non-hydrogen) atoms. The van der Waals surface area contributed by atoms with Crippen molar-refractivity contribution in [3.63, 3.8) is 0 Å². The zero-order chi connectivity index (χ0) is 13.9. The van der Waals surface area contributed by atoms with Crippen molar-refractivity contribution in [1.82, 2.24) is 10.2 Å². The highest BCUT2D eigenvalue weighted by atomic mass is 16.5. The van der Waals surface area contributed by atoms with E-state index in [0.29, 0.717) is 6.10 Å². The van der Waals surface area contributed by atoms with E-state index >= 15 is 0 Å². The molecule has 1 saturated heterocycles. The van der Waals surface area contributed by atoms with Gasteiger partial charge in [0.2, 0.25) is 0 Å². The third-order valence-corrected chi connectivity index (χ3v) is 3.83. The number of fused-ring (bicyclic) bond motifs is 1. The molecule has 4 nitrogen and oxygen atoms in total. The van der Waals surface area contributed by atoms with E-state index in [1.54, 1.807) is 0 Å². The summed E-state index contributed by atoms with van der Waals surface area (Å²) in [5, 5.41) is 4.43. The van der Waals surface area contributed by atoms with Crippen LogP contribution >= 0.6 is 0 Å². The second-order valence-electron chi connectivity index (χ2n) is 5.45. The Morgan fingerprint density at radius 1 is 1.35 bits per heavy atom. The summed E-state index contributed by atoms with van der Waals surface area (Å²) in [6, 6.07) is 8.29. The fourth-order valence-corrected chi connectivity index (χ4v) is 2.88. The minimum absolute atomic E-state index is 0.315. The molecule has 3 rings (SSSR count). The van der Waals surface area contributed by atoms with Crippen molar-refractivity contribution in [3.05, 3.63) is 35.6 Å². The summed E-state index contributed by atoms with van der Waals surface area (Å²) in [6.45, 7) is 6.62. The molecule has 0 radical (unpaired) electrons. The van der Waals surface area contributed by atoms with E-state index in [0.717, 1.165) is 44.1 Å². The SMILES string of the molecule is CNCc1oc2ccccc2c1CN1CCOC(C)C1. The van der Waals surface area contributed by atoms with Crippen LogP contribution in [0.4, 0.5) is 0 Å². The molecule has 0 spiro atoms. The van der Waals surface area contributed by atoms with Crippen LogP contribution in [0.5, 0.6) is 0 Å². The third kappa shape index (κ3) is 2.73. The summed E-state index contributed by atoms with van der Waals surface area (Å²) in [5.74, 6) is 1.05. The second kappa shape index (κ2) is 5.95. The number of ether oxygens (including phenoxy) is 1. The van der Waals surface area contributed by atoms with Gasteiger partial charge in [0.25, 0.3) is 0 Å². The number of morpholine rings is 1. The molecule has 4 heteroatoms. The van der Waals surface area contributed by atoms with Crippen molar-refractivity contribution in [1.29, 1.82) is 0 Å². The first-order chi connectivity index (χ1) is 9.78. The number of rotatable bonds is 4. The largest absolute Gasteiger partial charge is 0.459 e. The number of para-hydroxylation sites is 1. The lowest BCUT2D eigenvalue weighted by Gasteiger charge is -2.31. The van der Waals surface area contributed by atoms with Crippen LogP contribution < -0.4 is 5.32 Å². The molecule has 1 aliphatic heterocycles. The predicted octanol–water partition coefficient (Wildman–Crippen LogP) is 2.37. The van der Waals surface area contributed by atoms with Gasteiger partial charge in [-0.05, 0) is 20.0 Å². The molecule has 1 unspecified atom stereocenters. The highest BCUT2D eigenvalue weighted by Crippen LogP contribution is 2.27. The number of hydrogen-bond donors (Lipinski definition) is 1. The molecule has 1 aliphatic rings. The Hall–Kier alpha value is -1.36. The Labute approximate surface area is 119 Å². The summed E-state index contributed by atoms with van der Waals surface area (Å²) >= 11 is 0. The van der Waals surface area contributed by atoms with E-state index in [1.807, 2.05) is 19.2 Å². The van der Waals surface area contributed by atoms with Crippen LogP contribution in [-0.4, -0.2) is 37.7 Å². The van der Waals surface area contributed by atoms with Crippen molar-refractivity contribution in [2.45, 2.75) is 26.1 Å². The van der Waals surface area contributed by atoms with Gasteiger partial charge in [0.15, 0.2) is 0 Å². The maximum Gasteiger partial charge on any atom is 0.134 e. The summed E-state index contributed by atoms with van der Waals surface area (Å²) in [5.41, 5.74) is 2.29. The maximum atomic E-state index is 5.99. The van der Waals surface area contributed by atoms with Gasteiger partial charge in [-0.25, -0.2) is 0 Å². The molecule has 0 bridgehead atoms. The Morgan fingerprint density at radius 3 is 3.00 bits per heavy atom. The second-order valence-corrected chi connectivity index (χ2v) is 5.45. The number of furan rings is 1. The number of nitrogens with zero attached hydrogens (tertiary/aromatic N) is 1. The Bertz CT molecular complexity index is 579. The zero-order valence-corrected chi connectivity index (χ0v) is 12.2. The van der Waals surface area contributed by atoms with Gasteiger partial charge in [-0.15, -0.1) is 0 Å². The number of benzene rings is 1. The molecule has 108 valence electrons. The van der Waals surface area contributed by atoms with Gasteiger partial charge in [-0.2, -0.15) is 0 Å². The smallest absolute Gasteiger partial charge is 0.134 e. The first-order valence-electron chi connectivity index (χ1n) is 7.25. The van der Waals surface area contributed by atoms with E-state index in [9.17, 15) is 0 Å². The highest BCUT2D eigenvalue weighted by molar-refractivity contribution is 5.82. The summed E-state index contributed by atoms with van der Waals surface area (Å²) < 4.78 is 11.6. The first kappa shape index (κ1) is 13.6. The molecule has 1 atom stereocenters. The van der Waals surface area contributed by atoms with Crippen LogP contribution in [0.2, 0.25) is 0 Å². The predicted molar refractivity (Wildman–Crippen MR) is 79.7 cm³/mol. The molecule has 2 heterocycles. The van der Waals surface area contributed by atoms with Crippen molar-refractivity contribution in [2.75, 3.05) is 26.7 Å².